The van der Waals surface area contributed by atoms with E-state index >= 15 is 0 Å². The minimum Gasteiger partial charge on any atom is -0.375 e. The maximum atomic E-state index is 12.6. The van der Waals surface area contributed by atoms with Gasteiger partial charge in [-0.15, -0.1) is 22.9 Å². The number of ether oxygens (including phenoxy) is 1. The van der Waals surface area contributed by atoms with Crippen molar-refractivity contribution in [3.63, 3.8) is 0 Å². The van der Waals surface area contributed by atoms with Crippen molar-refractivity contribution >= 4 is 33.0 Å². The van der Waals surface area contributed by atoms with Crippen LogP contribution in [0.5, 0.6) is 0 Å². The van der Waals surface area contributed by atoms with Crippen LogP contribution in [0.1, 0.15) is 18.7 Å². The molecule has 4 nitrogen and oxygen atoms in total. The number of rotatable bonds is 3. The highest BCUT2D eigenvalue weighted by molar-refractivity contribution is 7.89. The van der Waals surface area contributed by atoms with E-state index in [0.29, 0.717) is 22.9 Å². The summed E-state index contributed by atoms with van der Waals surface area (Å²) < 4.78 is 32.2. The normalized spacial score (nSPS) is 26.4. The van der Waals surface area contributed by atoms with Crippen LogP contribution in [-0.4, -0.2) is 38.0 Å². The zero-order valence-corrected chi connectivity index (χ0v) is 12.7. The van der Waals surface area contributed by atoms with Crippen LogP contribution in [0, 0.1) is 0 Å². The molecule has 1 saturated heterocycles. The van der Waals surface area contributed by atoms with E-state index in [0.717, 1.165) is 0 Å². The summed E-state index contributed by atoms with van der Waals surface area (Å²) in [5.74, 6) is 0.223. The molecule has 0 saturated carbocycles. The molecule has 1 aliphatic heterocycles. The number of halogens is 1. The Kier molecular flexibility index (Phi) is 4.33. The highest BCUT2D eigenvalue weighted by Crippen LogP contribution is 2.29. The Bertz CT molecular complexity index is 514. The number of nitrogens with zero attached hydrogens (tertiary/aromatic N) is 1. The van der Waals surface area contributed by atoms with Crippen LogP contribution < -0.4 is 0 Å². The fraction of sp³-hybridized carbons (Fsp3) is 0.636. The van der Waals surface area contributed by atoms with Crippen LogP contribution in [0.3, 0.4) is 0 Å². The van der Waals surface area contributed by atoms with Crippen molar-refractivity contribution in [3.8, 4) is 0 Å². The second-order valence-corrected chi connectivity index (χ2v) is 7.54. The lowest BCUT2D eigenvalue weighted by Crippen LogP contribution is -2.50. The van der Waals surface area contributed by atoms with Crippen molar-refractivity contribution in [1.82, 2.24) is 4.31 Å². The van der Waals surface area contributed by atoms with E-state index in [9.17, 15) is 8.42 Å². The summed E-state index contributed by atoms with van der Waals surface area (Å²) in [7, 11) is -3.46. The summed E-state index contributed by atoms with van der Waals surface area (Å²) >= 11 is 7.16. The fourth-order valence-electron chi connectivity index (χ4n) is 1.99. The monoisotopic (exact) mass is 309 g/mol. The van der Waals surface area contributed by atoms with Gasteiger partial charge in [-0.25, -0.2) is 8.42 Å². The van der Waals surface area contributed by atoms with Gasteiger partial charge in [0.2, 0.25) is 10.0 Å². The Morgan fingerprint density at radius 2 is 2.28 bits per heavy atom. The number of hydrogen-bond acceptors (Lipinski definition) is 4. The van der Waals surface area contributed by atoms with Crippen molar-refractivity contribution in [3.05, 3.63) is 16.3 Å². The van der Waals surface area contributed by atoms with E-state index in [1.54, 1.807) is 11.4 Å². The van der Waals surface area contributed by atoms with E-state index < -0.39 is 10.0 Å². The smallest absolute Gasteiger partial charge is 0.244 e. The zero-order valence-electron chi connectivity index (χ0n) is 10.3. The van der Waals surface area contributed by atoms with E-state index in [1.165, 1.54) is 15.6 Å². The molecule has 1 aromatic heterocycles. The lowest BCUT2D eigenvalue weighted by molar-refractivity contribution is -0.0170. The van der Waals surface area contributed by atoms with Crippen molar-refractivity contribution in [2.45, 2.75) is 36.8 Å². The largest absolute Gasteiger partial charge is 0.375 e. The van der Waals surface area contributed by atoms with Gasteiger partial charge in [-0.05, 0) is 25.3 Å². The first-order chi connectivity index (χ1) is 8.46. The molecule has 2 unspecified atom stereocenters. The predicted octanol–water partition coefficient (Wildman–Crippen LogP) is 2.28. The molecule has 0 radical (unpaired) electrons. The molecular weight excluding hydrogens is 294 g/mol. The van der Waals surface area contributed by atoms with E-state index in [2.05, 4.69) is 0 Å². The first-order valence-corrected chi connectivity index (χ1v) is 8.58. The second kappa shape index (κ2) is 5.46. The van der Waals surface area contributed by atoms with Gasteiger partial charge >= 0.3 is 0 Å². The summed E-state index contributed by atoms with van der Waals surface area (Å²) in [6.45, 7) is 4.56. The van der Waals surface area contributed by atoms with E-state index in [-0.39, 0.29) is 18.0 Å². The number of alkyl halides is 1. The van der Waals surface area contributed by atoms with Crippen molar-refractivity contribution in [2.24, 2.45) is 0 Å². The van der Waals surface area contributed by atoms with Crippen LogP contribution in [0.4, 0.5) is 0 Å². The average Bonchev–Trinajstić information content (AvgIpc) is 2.81. The lowest BCUT2D eigenvalue weighted by atomic mass is 10.2. The molecule has 1 aliphatic rings. The summed E-state index contributed by atoms with van der Waals surface area (Å²) in [6.07, 6.45) is -0.0749. The van der Waals surface area contributed by atoms with Crippen LogP contribution >= 0.6 is 22.9 Å². The number of hydrogen-bond donors (Lipinski definition) is 0. The topological polar surface area (TPSA) is 46.6 Å². The Balaban J connectivity index is 2.36. The standard InChI is InChI=1S/C11H16ClNO3S2/c1-8-7-16-9(2)6-13(8)18(14,15)11-3-4-17-10(11)5-12/h3-4,8-9H,5-7H2,1-2H3. The summed E-state index contributed by atoms with van der Waals surface area (Å²) in [5.41, 5.74) is 0. The average molecular weight is 310 g/mol. The van der Waals surface area contributed by atoms with Crippen LogP contribution in [-0.2, 0) is 20.6 Å². The zero-order chi connectivity index (χ0) is 13.3. The van der Waals surface area contributed by atoms with Gasteiger partial charge in [0.15, 0.2) is 0 Å². The molecule has 2 atom stereocenters. The van der Waals surface area contributed by atoms with Gasteiger partial charge in [0.25, 0.3) is 0 Å². The third-order valence-corrected chi connectivity index (χ3v) is 6.50. The quantitative estimate of drug-likeness (QED) is 0.805. The molecule has 1 aromatic rings. The third kappa shape index (κ3) is 2.58. The Morgan fingerprint density at radius 3 is 2.94 bits per heavy atom. The number of sulfonamides is 1. The molecule has 0 spiro atoms. The van der Waals surface area contributed by atoms with Gasteiger partial charge in [-0.3, -0.25) is 0 Å². The van der Waals surface area contributed by atoms with Crippen molar-refractivity contribution < 1.29 is 13.2 Å². The first-order valence-electron chi connectivity index (χ1n) is 5.72. The van der Waals surface area contributed by atoms with Gasteiger partial charge < -0.3 is 4.74 Å². The van der Waals surface area contributed by atoms with Gasteiger partial charge in [-0.2, -0.15) is 4.31 Å². The minimum atomic E-state index is -3.46. The van der Waals surface area contributed by atoms with Crippen molar-refractivity contribution in [1.29, 1.82) is 0 Å². The third-order valence-electron chi connectivity index (χ3n) is 2.96. The van der Waals surface area contributed by atoms with Gasteiger partial charge in [0.05, 0.1) is 23.5 Å². The van der Waals surface area contributed by atoms with Crippen LogP contribution in [0.2, 0.25) is 0 Å². The molecule has 102 valence electrons. The lowest BCUT2D eigenvalue weighted by Gasteiger charge is -2.35. The molecule has 2 rings (SSSR count). The predicted molar refractivity (Wildman–Crippen MR) is 72.6 cm³/mol. The Morgan fingerprint density at radius 1 is 1.56 bits per heavy atom. The molecule has 0 aliphatic carbocycles. The maximum Gasteiger partial charge on any atom is 0.244 e. The molecule has 2 heterocycles. The first kappa shape index (κ1) is 14.3. The van der Waals surface area contributed by atoms with Gasteiger partial charge in [0, 0.05) is 17.5 Å². The highest BCUT2D eigenvalue weighted by atomic mass is 35.5. The maximum absolute atomic E-state index is 12.6. The molecule has 7 heteroatoms. The fourth-order valence-corrected chi connectivity index (χ4v) is 5.36. The van der Waals surface area contributed by atoms with E-state index in [1.807, 2.05) is 13.8 Å². The molecule has 0 aromatic carbocycles. The molecule has 0 amide bonds. The molecule has 18 heavy (non-hydrogen) atoms. The van der Waals surface area contributed by atoms with E-state index in [4.69, 9.17) is 16.3 Å². The van der Waals surface area contributed by atoms with Crippen molar-refractivity contribution in [2.75, 3.05) is 13.2 Å². The van der Waals surface area contributed by atoms with Gasteiger partial charge in [-0.1, -0.05) is 0 Å². The minimum absolute atomic E-state index is 0.0749. The number of morpholine rings is 1. The second-order valence-electron chi connectivity index (χ2n) is 4.41. The summed E-state index contributed by atoms with van der Waals surface area (Å²) in [4.78, 5) is 1.03. The molecule has 0 N–H and O–H groups in total. The SMILES string of the molecule is CC1CN(S(=O)(=O)c2ccsc2CCl)C(C)CO1. The summed E-state index contributed by atoms with van der Waals surface area (Å²) in [6, 6.07) is 1.49. The Hall–Kier alpha value is -0.140. The Labute approximate surface area is 117 Å². The van der Waals surface area contributed by atoms with Crippen LogP contribution in [0.25, 0.3) is 0 Å². The molecular formula is C11H16ClNO3S2. The molecule has 0 bridgehead atoms. The summed E-state index contributed by atoms with van der Waals surface area (Å²) in [5, 5.41) is 1.76. The molecule has 1 fully saturated rings. The number of thiophene rings is 1. The van der Waals surface area contributed by atoms with Crippen LogP contribution in [0.15, 0.2) is 16.3 Å². The van der Waals surface area contributed by atoms with Gasteiger partial charge in [0.1, 0.15) is 0 Å². The highest BCUT2D eigenvalue weighted by Gasteiger charge is 2.35.